The van der Waals surface area contributed by atoms with E-state index in [2.05, 4.69) is 0 Å². The van der Waals surface area contributed by atoms with Gasteiger partial charge in [0.15, 0.2) is 0 Å². The highest BCUT2D eigenvalue weighted by Crippen LogP contribution is 2.40. The quantitative estimate of drug-likeness (QED) is 0.609. The molecule has 178 valence electrons. The molecule has 0 aromatic heterocycles. The second kappa shape index (κ2) is 9.52. The Balaban J connectivity index is 1.63. The van der Waals surface area contributed by atoms with Crippen LogP contribution in [0.15, 0.2) is 48.5 Å². The van der Waals surface area contributed by atoms with Crippen LogP contribution in [-0.2, 0) is 36.3 Å². The fourth-order valence-corrected chi connectivity index (χ4v) is 7.21. The Labute approximate surface area is 194 Å². The number of hydrogen-bond donors (Lipinski definition) is 0. The topological polar surface area (TPSA) is 72.9 Å². The van der Waals surface area contributed by atoms with Gasteiger partial charge in [0.25, 0.3) is 0 Å². The van der Waals surface area contributed by atoms with Crippen LogP contribution in [0.2, 0.25) is 0 Å². The summed E-state index contributed by atoms with van der Waals surface area (Å²) in [4.78, 5) is 12.6. The van der Waals surface area contributed by atoms with Gasteiger partial charge < -0.3 is 9.47 Å². The molecule has 2 saturated heterocycles. The fraction of sp³-hybridized carbons (Fsp3) is 0.480. The summed E-state index contributed by atoms with van der Waals surface area (Å²) in [5.41, 5.74) is 0.630. The minimum Gasteiger partial charge on any atom is -0.468 e. The van der Waals surface area contributed by atoms with Gasteiger partial charge in [-0.1, -0.05) is 42.5 Å². The first-order valence-corrected chi connectivity index (χ1v) is 12.8. The van der Waals surface area contributed by atoms with Crippen molar-refractivity contribution in [2.75, 3.05) is 20.3 Å². The second-order valence-corrected chi connectivity index (χ2v) is 11.0. The van der Waals surface area contributed by atoms with E-state index in [1.54, 1.807) is 12.1 Å². The van der Waals surface area contributed by atoms with Crippen LogP contribution in [0.1, 0.15) is 54.5 Å². The SMILES string of the molecule is COC(=O)C1(c2ccc(CN3[C@@H](C)CC[C@H](c4ccccc4)S3(=O)=O)c(F)c2)CCOCC1. The molecule has 0 aliphatic carbocycles. The zero-order valence-corrected chi connectivity index (χ0v) is 19.8. The number of esters is 1. The Hall–Kier alpha value is -2.29. The third-order valence-electron chi connectivity index (χ3n) is 7.05. The minimum atomic E-state index is -3.67. The predicted octanol–water partition coefficient (Wildman–Crippen LogP) is 4.10. The Kier molecular flexibility index (Phi) is 6.88. The summed E-state index contributed by atoms with van der Waals surface area (Å²) in [6, 6.07) is 13.6. The lowest BCUT2D eigenvalue weighted by molar-refractivity contribution is -0.151. The van der Waals surface area contributed by atoms with Gasteiger partial charge >= 0.3 is 5.97 Å². The van der Waals surface area contributed by atoms with Crippen molar-refractivity contribution in [2.45, 2.75) is 55.9 Å². The number of hydrogen-bond acceptors (Lipinski definition) is 5. The predicted molar refractivity (Wildman–Crippen MR) is 122 cm³/mol. The van der Waals surface area contributed by atoms with Gasteiger partial charge in [-0.15, -0.1) is 0 Å². The number of nitrogens with zero attached hydrogens (tertiary/aromatic N) is 1. The van der Waals surface area contributed by atoms with Crippen molar-refractivity contribution in [1.82, 2.24) is 4.31 Å². The van der Waals surface area contributed by atoms with Crippen LogP contribution in [0.3, 0.4) is 0 Å². The van der Waals surface area contributed by atoms with Crippen LogP contribution in [0, 0.1) is 5.82 Å². The molecular formula is C25H30FNO5S. The van der Waals surface area contributed by atoms with Gasteiger partial charge in [0, 0.05) is 31.4 Å². The number of benzene rings is 2. The summed E-state index contributed by atoms with van der Waals surface area (Å²) in [5.74, 6) is -0.928. The number of carbonyl (C=O) groups excluding carboxylic acids is 1. The number of sulfonamides is 1. The van der Waals surface area contributed by atoms with Gasteiger partial charge in [0.05, 0.1) is 12.5 Å². The summed E-state index contributed by atoms with van der Waals surface area (Å²) in [6.45, 7) is 2.60. The lowest BCUT2D eigenvalue weighted by Crippen LogP contribution is -2.45. The van der Waals surface area contributed by atoms with Crippen molar-refractivity contribution in [3.8, 4) is 0 Å². The second-order valence-electron chi connectivity index (χ2n) is 8.91. The van der Waals surface area contributed by atoms with E-state index < -0.39 is 32.5 Å². The first-order chi connectivity index (χ1) is 15.8. The molecule has 2 heterocycles. The van der Waals surface area contributed by atoms with E-state index in [9.17, 15) is 13.2 Å². The van der Waals surface area contributed by atoms with Gasteiger partial charge in [-0.25, -0.2) is 12.8 Å². The van der Waals surface area contributed by atoms with Crippen molar-refractivity contribution in [2.24, 2.45) is 0 Å². The Morgan fingerprint density at radius 3 is 2.48 bits per heavy atom. The van der Waals surface area contributed by atoms with Gasteiger partial charge in [-0.05, 0) is 49.8 Å². The number of carbonyl (C=O) groups is 1. The molecule has 2 aliphatic heterocycles. The summed E-state index contributed by atoms with van der Waals surface area (Å²) in [6.07, 6.45) is 2.06. The van der Waals surface area contributed by atoms with Crippen LogP contribution < -0.4 is 0 Å². The lowest BCUT2D eigenvalue weighted by Gasteiger charge is -2.38. The van der Waals surface area contributed by atoms with Crippen LogP contribution >= 0.6 is 0 Å². The summed E-state index contributed by atoms with van der Waals surface area (Å²) >= 11 is 0. The van der Waals surface area contributed by atoms with E-state index in [4.69, 9.17) is 9.47 Å². The van der Waals surface area contributed by atoms with E-state index >= 15 is 4.39 Å². The van der Waals surface area contributed by atoms with Crippen molar-refractivity contribution >= 4 is 16.0 Å². The van der Waals surface area contributed by atoms with Crippen LogP contribution in [0.5, 0.6) is 0 Å². The zero-order valence-electron chi connectivity index (χ0n) is 19.0. The highest BCUT2D eigenvalue weighted by molar-refractivity contribution is 7.89. The number of methoxy groups -OCH3 is 1. The molecule has 8 heteroatoms. The van der Waals surface area contributed by atoms with Gasteiger partial charge in [0.2, 0.25) is 10.0 Å². The highest BCUT2D eigenvalue weighted by Gasteiger charge is 2.44. The standard InChI is InChI=1S/C25H30FNO5S/c1-18-8-11-23(19-6-4-3-5-7-19)33(29,30)27(18)17-20-9-10-21(16-22(20)26)25(24(28)31-2)12-14-32-15-13-25/h3-7,9-10,16,18,23H,8,11-15,17H2,1-2H3/t18-,23+/m0/s1. The molecule has 33 heavy (non-hydrogen) atoms. The average molecular weight is 476 g/mol. The van der Waals surface area contributed by atoms with E-state index in [1.807, 2.05) is 37.3 Å². The smallest absolute Gasteiger partial charge is 0.316 e. The third kappa shape index (κ3) is 4.44. The maximum atomic E-state index is 15.3. The fourth-order valence-electron chi connectivity index (χ4n) is 5.02. The zero-order chi connectivity index (χ0) is 23.6. The minimum absolute atomic E-state index is 0.0483. The van der Waals surface area contributed by atoms with Gasteiger partial charge in [-0.3, -0.25) is 4.79 Å². The van der Waals surface area contributed by atoms with Crippen molar-refractivity contribution in [3.05, 3.63) is 71.0 Å². The Morgan fingerprint density at radius 2 is 1.85 bits per heavy atom. The van der Waals surface area contributed by atoms with E-state index in [-0.39, 0.29) is 18.2 Å². The molecule has 0 N–H and O–H groups in total. The maximum Gasteiger partial charge on any atom is 0.316 e. The van der Waals surface area contributed by atoms with Crippen LogP contribution in [0.4, 0.5) is 4.39 Å². The third-order valence-corrected chi connectivity index (χ3v) is 9.42. The molecular weight excluding hydrogens is 445 g/mol. The van der Waals surface area contributed by atoms with Crippen LogP contribution in [0.25, 0.3) is 0 Å². The summed E-state index contributed by atoms with van der Waals surface area (Å²) in [5, 5.41) is -0.637. The molecule has 0 spiro atoms. The first-order valence-electron chi connectivity index (χ1n) is 11.3. The average Bonchev–Trinajstić information content (AvgIpc) is 2.82. The van der Waals surface area contributed by atoms with E-state index in [0.29, 0.717) is 44.5 Å². The van der Waals surface area contributed by atoms with Gasteiger partial charge in [0.1, 0.15) is 11.1 Å². The highest BCUT2D eigenvalue weighted by atomic mass is 32.2. The molecule has 0 saturated carbocycles. The molecule has 2 fully saturated rings. The van der Waals surface area contributed by atoms with Crippen LogP contribution in [-0.4, -0.2) is 45.1 Å². The largest absolute Gasteiger partial charge is 0.468 e. The molecule has 2 aromatic rings. The molecule has 2 aromatic carbocycles. The van der Waals surface area contributed by atoms with Crippen molar-refractivity contribution < 1.29 is 27.1 Å². The van der Waals surface area contributed by atoms with Crippen molar-refractivity contribution in [1.29, 1.82) is 0 Å². The first kappa shape index (κ1) is 23.9. The van der Waals surface area contributed by atoms with E-state index in [1.165, 1.54) is 17.5 Å². The molecule has 0 bridgehead atoms. The lowest BCUT2D eigenvalue weighted by atomic mass is 9.74. The molecule has 2 aliphatic rings. The Bertz CT molecular complexity index is 1100. The summed E-state index contributed by atoms with van der Waals surface area (Å²) in [7, 11) is -2.34. The molecule has 2 atom stereocenters. The Morgan fingerprint density at radius 1 is 1.15 bits per heavy atom. The molecule has 0 radical (unpaired) electrons. The molecule has 6 nitrogen and oxygen atoms in total. The van der Waals surface area contributed by atoms with E-state index in [0.717, 1.165) is 5.56 Å². The molecule has 0 amide bonds. The summed E-state index contributed by atoms with van der Waals surface area (Å²) < 4.78 is 54.1. The number of halogens is 1. The molecule has 4 rings (SSSR count). The monoisotopic (exact) mass is 475 g/mol. The normalized spacial score (nSPS) is 24.8. The number of rotatable bonds is 5. The molecule has 0 unspecified atom stereocenters. The van der Waals surface area contributed by atoms with Crippen molar-refractivity contribution in [3.63, 3.8) is 0 Å². The maximum absolute atomic E-state index is 15.3. The van der Waals surface area contributed by atoms with Gasteiger partial charge in [-0.2, -0.15) is 4.31 Å². The number of ether oxygens (including phenoxy) is 2.